The standard InChI is InChI=1S/C11H15ClO3S/c1-8(2)11-9(7-16(12,13)14)5-4-6-10(11)15-3/h4-6,8H,7H2,1-3H3. The monoisotopic (exact) mass is 262 g/mol. The van der Waals surface area contributed by atoms with Gasteiger partial charge in [0.05, 0.1) is 12.9 Å². The van der Waals surface area contributed by atoms with Gasteiger partial charge in [-0.15, -0.1) is 0 Å². The second kappa shape index (κ2) is 5.06. The van der Waals surface area contributed by atoms with Crippen LogP contribution in [0.5, 0.6) is 5.75 Å². The number of hydrogen-bond acceptors (Lipinski definition) is 3. The van der Waals surface area contributed by atoms with Crippen LogP contribution in [-0.2, 0) is 14.8 Å². The summed E-state index contributed by atoms with van der Waals surface area (Å²) in [5, 5.41) is 0. The molecule has 3 nitrogen and oxygen atoms in total. The first-order chi connectivity index (χ1) is 7.35. The number of ether oxygens (including phenoxy) is 1. The van der Waals surface area contributed by atoms with Gasteiger partial charge in [0.25, 0.3) is 0 Å². The fourth-order valence-electron chi connectivity index (χ4n) is 1.73. The smallest absolute Gasteiger partial charge is 0.236 e. The molecule has 16 heavy (non-hydrogen) atoms. The molecule has 0 aliphatic heterocycles. The molecule has 1 aromatic carbocycles. The van der Waals surface area contributed by atoms with Gasteiger partial charge < -0.3 is 4.74 Å². The second-order valence-electron chi connectivity index (χ2n) is 3.87. The van der Waals surface area contributed by atoms with Crippen molar-refractivity contribution in [1.29, 1.82) is 0 Å². The number of hydrogen-bond donors (Lipinski definition) is 0. The van der Waals surface area contributed by atoms with E-state index >= 15 is 0 Å². The SMILES string of the molecule is COc1cccc(CS(=O)(=O)Cl)c1C(C)C. The molecule has 0 saturated carbocycles. The Bertz CT molecular complexity index is 466. The van der Waals surface area contributed by atoms with Crippen LogP contribution in [0.1, 0.15) is 30.9 Å². The molecule has 1 rings (SSSR count). The van der Waals surface area contributed by atoms with Crippen LogP contribution in [0.4, 0.5) is 0 Å². The van der Waals surface area contributed by atoms with E-state index in [0.717, 1.165) is 5.56 Å². The predicted octanol–water partition coefficient (Wildman–Crippen LogP) is 2.89. The average molecular weight is 263 g/mol. The van der Waals surface area contributed by atoms with Crippen LogP contribution in [0, 0.1) is 0 Å². The fourth-order valence-corrected chi connectivity index (χ4v) is 2.71. The molecule has 0 fully saturated rings. The quantitative estimate of drug-likeness (QED) is 0.784. The third-order valence-corrected chi connectivity index (χ3v) is 3.26. The van der Waals surface area contributed by atoms with Gasteiger partial charge >= 0.3 is 0 Å². The van der Waals surface area contributed by atoms with E-state index in [2.05, 4.69) is 0 Å². The molecule has 0 aliphatic carbocycles. The van der Waals surface area contributed by atoms with Crippen LogP contribution in [0.15, 0.2) is 18.2 Å². The normalized spacial score (nSPS) is 11.8. The average Bonchev–Trinajstić information content (AvgIpc) is 2.14. The first kappa shape index (κ1) is 13.3. The van der Waals surface area contributed by atoms with E-state index in [-0.39, 0.29) is 11.7 Å². The molecule has 0 radical (unpaired) electrons. The number of halogens is 1. The van der Waals surface area contributed by atoms with E-state index in [1.54, 1.807) is 19.2 Å². The summed E-state index contributed by atoms with van der Waals surface area (Å²) >= 11 is 0. The topological polar surface area (TPSA) is 43.4 Å². The summed E-state index contributed by atoms with van der Waals surface area (Å²) in [4.78, 5) is 0. The molecular formula is C11H15ClO3S. The highest BCUT2D eigenvalue weighted by molar-refractivity contribution is 8.13. The Morgan fingerprint density at radius 2 is 2.00 bits per heavy atom. The fraction of sp³-hybridized carbons (Fsp3) is 0.455. The highest BCUT2D eigenvalue weighted by atomic mass is 35.7. The highest BCUT2D eigenvalue weighted by Gasteiger charge is 2.16. The van der Waals surface area contributed by atoms with Crippen LogP contribution in [0.3, 0.4) is 0 Å². The Kier molecular flexibility index (Phi) is 4.21. The molecule has 1 aromatic rings. The van der Waals surface area contributed by atoms with Gasteiger partial charge in [-0.2, -0.15) is 0 Å². The molecule has 0 heterocycles. The molecule has 0 aromatic heterocycles. The summed E-state index contributed by atoms with van der Waals surface area (Å²) < 4.78 is 27.4. The van der Waals surface area contributed by atoms with Gasteiger partial charge in [0.1, 0.15) is 5.75 Å². The summed E-state index contributed by atoms with van der Waals surface area (Å²) in [5.41, 5.74) is 1.60. The zero-order chi connectivity index (χ0) is 12.3. The third kappa shape index (κ3) is 3.39. The van der Waals surface area contributed by atoms with E-state index < -0.39 is 9.05 Å². The van der Waals surface area contributed by atoms with Crippen molar-refractivity contribution in [3.8, 4) is 5.75 Å². The lowest BCUT2D eigenvalue weighted by molar-refractivity contribution is 0.407. The molecule has 0 spiro atoms. The Morgan fingerprint density at radius 3 is 2.44 bits per heavy atom. The zero-order valence-corrected chi connectivity index (χ0v) is 11.1. The summed E-state index contributed by atoms with van der Waals surface area (Å²) in [6.07, 6.45) is 0. The Morgan fingerprint density at radius 1 is 1.38 bits per heavy atom. The number of rotatable bonds is 4. The maximum absolute atomic E-state index is 11.1. The number of methoxy groups -OCH3 is 1. The largest absolute Gasteiger partial charge is 0.496 e. The van der Waals surface area contributed by atoms with E-state index in [9.17, 15) is 8.42 Å². The molecule has 90 valence electrons. The molecule has 0 unspecified atom stereocenters. The first-order valence-corrected chi connectivity index (χ1v) is 7.41. The summed E-state index contributed by atoms with van der Waals surface area (Å²) in [5.74, 6) is 0.719. The van der Waals surface area contributed by atoms with Crippen LogP contribution < -0.4 is 4.74 Å². The van der Waals surface area contributed by atoms with Gasteiger partial charge in [-0.25, -0.2) is 8.42 Å². The van der Waals surface area contributed by atoms with Gasteiger partial charge in [0.15, 0.2) is 0 Å². The minimum absolute atomic E-state index is 0.167. The van der Waals surface area contributed by atoms with Crippen molar-refractivity contribution >= 4 is 19.7 Å². The predicted molar refractivity (Wildman–Crippen MR) is 65.6 cm³/mol. The minimum atomic E-state index is -3.54. The molecule has 0 amide bonds. The van der Waals surface area contributed by atoms with Crippen molar-refractivity contribution in [1.82, 2.24) is 0 Å². The van der Waals surface area contributed by atoms with Crippen molar-refractivity contribution in [3.05, 3.63) is 29.3 Å². The van der Waals surface area contributed by atoms with Gasteiger partial charge in [-0.1, -0.05) is 26.0 Å². The first-order valence-electron chi connectivity index (χ1n) is 4.93. The molecule has 0 aliphatic rings. The van der Waals surface area contributed by atoms with E-state index in [4.69, 9.17) is 15.4 Å². The Hall–Kier alpha value is -0.740. The second-order valence-corrected chi connectivity index (χ2v) is 6.65. The van der Waals surface area contributed by atoms with Gasteiger partial charge in [0.2, 0.25) is 9.05 Å². The van der Waals surface area contributed by atoms with E-state index in [0.29, 0.717) is 11.3 Å². The molecule has 0 atom stereocenters. The van der Waals surface area contributed by atoms with Crippen LogP contribution in [0.25, 0.3) is 0 Å². The van der Waals surface area contributed by atoms with Gasteiger partial charge in [-0.3, -0.25) is 0 Å². The molecule has 0 bridgehead atoms. The number of benzene rings is 1. The lowest BCUT2D eigenvalue weighted by Crippen LogP contribution is -2.03. The van der Waals surface area contributed by atoms with Crippen molar-refractivity contribution in [2.24, 2.45) is 0 Å². The van der Waals surface area contributed by atoms with Crippen LogP contribution in [-0.4, -0.2) is 15.5 Å². The third-order valence-electron chi connectivity index (χ3n) is 2.28. The molecule has 0 saturated heterocycles. The minimum Gasteiger partial charge on any atom is -0.496 e. The zero-order valence-electron chi connectivity index (χ0n) is 9.53. The summed E-state index contributed by atoms with van der Waals surface area (Å²) in [6, 6.07) is 5.35. The van der Waals surface area contributed by atoms with Crippen LogP contribution in [0.2, 0.25) is 0 Å². The summed E-state index contributed by atoms with van der Waals surface area (Å²) in [6.45, 7) is 3.98. The lowest BCUT2D eigenvalue weighted by atomic mass is 9.97. The highest BCUT2D eigenvalue weighted by Crippen LogP contribution is 2.31. The van der Waals surface area contributed by atoms with E-state index in [1.165, 1.54) is 0 Å². The molecular weight excluding hydrogens is 248 g/mol. The van der Waals surface area contributed by atoms with Crippen molar-refractivity contribution in [2.75, 3.05) is 7.11 Å². The van der Waals surface area contributed by atoms with Gasteiger partial charge in [-0.05, 0) is 17.5 Å². The van der Waals surface area contributed by atoms with Gasteiger partial charge in [0, 0.05) is 16.2 Å². The van der Waals surface area contributed by atoms with Crippen molar-refractivity contribution in [3.63, 3.8) is 0 Å². The van der Waals surface area contributed by atoms with E-state index in [1.807, 2.05) is 19.9 Å². The Balaban J connectivity index is 3.28. The lowest BCUT2D eigenvalue weighted by Gasteiger charge is -2.15. The Labute approximate surface area is 101 Å². The van der Waals surface area contributed by atoms with Crippen molar-refractivity contribution < 1.29 is 13.2 Å². The van der Waals surface area contributed by atoms with Crippen molar-refractivity contribution in [2.45, 2.75) is 25.5 Å². The molecule has 0 N–H and O–H groups in total. The molecule has 5 heteroatoms. The van der Waals surface area contributed by atoms with Crippen LogP contribution >= 0.6 is 10.7 Å². The maximum Gasteiger partial charge on any atom is 0.236 e. The maximum atomic E-state index is 11.1. The summed E-state index contributed by atoms with van der Waals surface area (Å²) in [7, 11) is 3.30.